The van der Waals surface area contributed by atoms with Crippen LogP contribution in [0.15, 0.2) is 48.5 Å². The van der Waals surface area contributed by atoms with Gasteiger partial charge in [0.2, 0.25) is 0 Å². The zero-order chi connectivity index (χ0) is 21.4. The molecule has 0 radical (unpaired) electrons. The number of ether oxygens (including phenoxy) is 1. The van der Waals surface area contributed by atoms with Crippen molar-refractivity contribution in [1.82, 2.24) is 15.1 Å². The molecule has 4 rings (SSSR count). The summed E-state index contributed by atoms with van der Waals surface area (Å²) in [5.41, 5.74) is 2.12. The van der Waals surface area contributed by atoms with Gasteiger partial charge in [0.15, 0.2) is 6.35 Å². The number of hydrogen-bond acceptors (Lipinski definition) is 5. The fraction of sp³-hybridized carbons (Fsp3) is 0.500. The summed E-state index contributed by atoms with van der Waals surface area (Å²) in [6.07, 6.45) is 3.19. The maximum atomic E-state index is 13.5. The van der Waals surface area contributed by atoms with Gasteiger partial charge in [-0.25, -0.2) is 4.39 Å². The Morgan fingerprint density at radius 1 is 1.07 bits per heavy atom. The van der Waals surface area contributed by atoms with Gasteiger partial charge in [0.25, 0.3) is 0 Å². The van der Waals surface area contributed by atoms with Crippen molar-refractivity contribution in [3.63, 3.8) is 0 Å². The molecular weight excluding hydrogens is 381 g/mol. The number of halogens is 1. The number of nitrogens with zero attached hydrogens (tertiary/aromatic N) is 2. The second-order valence-electron chi connectivity index (χ2n) is 8.98. The average molecular weight is 414 g/mol. The molecule has 1 heterocycles. The first-order valence-corrected chi connectivity index (χ1v) is 10.6. The number of aliphatic hydroxyl groups is 1. The molecule has 1 saturated carbocycles. The third-order valence-corrected chi connectivity index (χ3v) is 7.10. The summed E-state index contributed by atoms with van der Waals surface area (Å²) in [5, 5.41) is 14.2. The third-order valence-electron chi connectivity index (χ3n) is 7.10. The van der Waals surface area contributed by atoms with Gasteiger partial charge in [0.05, 0.1) is 7.11 Å². The SMILES string of the molecule is COc1ccc(CN2CC3(CCC(c4ccc(F)cc4)(N(C)C)CC3)NC2O)cc1. The average Bonchev–Trinajstić information content (AvgIpc) is 3.04. The predicted octanol–water partition coefficient (Wildman–Crippen LogP) is 3.29. The fourth-order valence-electron chi connectivity index (χ4n) is 5.19. The molecule has 1 unspecified atom stereocenters. The van der Waals surface area contributed by atoms with Gasteiger partial charge in [-0.2, -0.15) is 0 Å². The highest BCUT2D eigenvalue weighted by Crippen LogP contribution is 2.46. The second-order valence-corrected chi connectivity index (χ2v) is 8.98. The molecule has 2 aromatic carbocycles. The minimum atomic E-state index is -0.648. The summed E-state index contributed by atoms with van der Waals surface area (Å²) in [6, 6.07) is 14.9. The van der Waals surface area contributed by atoms with Crippen LogP contribution in [-0.2, 0) is 12.1 Å². The van der Waals surface area contributed by atoms with Crippen molar-refractivity contribution in [2.75, 3.05) is 27.7 Å². The van der Waals surface area contributed by atoms with E-state index in [1.165, 1.54) is 0 Å². The van der Waals surface area contributed by atoms with E-state index in [1.807, 2.05) is 36.4 Å². The molecule has 2 fully saturated rings. The zero-order valence-electron chi connectivity index (χ0n) is 18.1. The number of aliphatic hydroxyl groups excluding tert-OH is 1. The van der Waals surface area contributed by atoms with E-state index in [9.17, 15) is 9.50 Å². The highest BCUT2D eigenvalue weighted by atomic mass is 19.1. The van der Waals surface area contributed by atoms with Crippen molar-refractivity contribution in [1.29, 1.82) is 0 Å². The van der Waals surface area contributed by atoms with Crippen LogP contribution in [0.3, 0.4) is 0 Å². The van der Waals surface area contributed by atoms with E-state index >= 15 is 0 Å². The summed E-state index contributed by atoms with van der Waals surface area (Å²) >= 11 is 0. The molecular formula is C24H32FN3O2. The van der Waals surface area contributed by atoms with E-state index in [1.54, 1.807) is 19.2 Å². The maximum absolute atomic E-state index is 13.5. The Labute approximate surface area is 178 Å². The van der Waals surface area contributed by atoms with E-state index < -0.39 is 6.35 Å². The quantitative estimate of drug-likeness (QED) is 0.788. The van der Waals surface area contributed by atoms with Crippen LogP contribution in [0.4, 0.5) is 4.39 Å². The van der Waals surface area contributed by atoms with Crippen LogP contribution < -0.4 is 10.1 Å². The number of nitrogens with one attached hydrogen (secondary N) is 1. The van der Waals surface area contributed by atoms with Crippen LogP contribution in [0.25, 0.3) is 0 Å². The molecule has 1 saturated heterocycles. The van der Waals surface area contributed by atoms with Crippen molar-refractivity contribution in [2.45, 2.75) is 49.7 Å². The highest BCUT2D eigenvalue weighted by molar-refractivity contribution is 5.28. The van der Waals surface area contributed by atoms with Crippen LogP contribution in [-0.4, -0.2) is 54.5 Å². The molecule has 2 aliphatic rings. The molecule has 1 spiro atoms. The van der Waals surface area contributed by atoms with E-state index in [-0.39, 0.29) is 16.9 Å². The fourth-order valence-corrected chi connectivity index (χ4v) is 5.19. The molecule has 1 aliphatic heterocycles. The first-order chi connectivity index (χ1) is 14.4. The smallest absolute Gasteiger partial charge is 0.163 e. The maximum Gasteiger partial charge on any atom is 0.163 e. The molecule has 30 heavy (non-hydrogen) atoms. The van der Waals surface area contributed by atoms with Crippen LogP contribution in [0.5, 0.6) is 5.75 Å². The minimum absolute atomic E-state index is 0.0918. The predicted molar refractivity (Wildman–Crippen MR) is 116 cm³/mol. The number of rotatable bonds is 5. The molecule has 0 aromatic heterocycles. The Bertz CT molecular complexity index is 846. The van der Waals surface area contributed by atoms with Crippen molar-refractivity contribution in [3.05, 3.63) is 65.5 Å². The van der Waals surface area contributed by atoms with Crippen molar-refractivity contribution in [3.8, 4) is 5.75 Å². The van der Waals surface area contributed by atoms with Gasteiger partial charge in [0, 0.05) is 24.2 Å². The second kappa shape index (κ2) is 8.27. The van der Waals surface area contributed by atoms with Gasteiger partial charge in [-0.3, -0.25) is 15.1 Å². The Morgan fingerprint density at radius 3 is 2.27 bits per heavy atom. The van der Waals surface area contributed by atoms with Gasteiger partial charge in [-0.1, -0.05) is 24.3 Å². The third kappa shape index (κ3) is 3.97. The van der Waals surface area contributed by atoms with E-state index in [0.29, 0.717) is 6.54 Å². The summed E-state index contributed by atoms with van der Waals surface area (Å²) in [7, 11) is 5.87. The van der Waals surface area contributed by atoms with Crippen LogP contribution in [0.2, 0.25) is 0 Å². The van der Waals surface area contributed by atoms with E-state index in [4.69, 9.17) is 4.74 Å². The van der Waals surface area contributed by atoms with Crippen molar-refractivity contribution >= 4 is 0 Å². The summed E-state index contributed by atoms with van der Waals surface area (Å²) in [5.74, 6) is 0.637. The molecule has 0 bridgehead atoms. The van der Waals surface area contributed by atoms with Crippen LogP contribution in [0, 0.1) is 5.82 Å². The standard InChI is InChI=1S/C24H32FN3O2/c1-27(2)24(19-6-8-20(25)9-7-19)14-12-23(13-15-24)17-28(22(29)26-23)16-18-4-10-21(30-3)11-5-18/h4-11,22,26,29H,12-17H2,1-3H3. The van der Waals surface area contributed by atoms with E-state index in [0.717, 1.165) is 49.1 Å². The lowest BCUT2D eigenvalue weighted by molar-refractivity contribution is 0.0126. The largest absolute Gasteiger partial charge is 0.497 e. The highest BCUT2D eigenvalue weighted by Gasteiger charge is 2.49. The normalized spacial score (nSPS) is 29.6. The minimum Gasteiger partial charge on any atom is -0.497 e. The van der Waals surface area contributed by atoms with Gasteiger partial charge in [-0.15, -0.1) is 0 Å². The number of benzene rings is 2. The molecule has 1 aliphatic carbocycles. The molecule has 0 amide bonds. The molecule has 2 aromatic rings. The van der Waals surface area contributed by atoms with Crippen LogP contribution >= 0.6 is 0 Å². The number of hydrogen-bond donors (Lipinski definition) is 2. The lowest BCUT2D eigenvalue weighted by Crippen LogP contribution is -2.54. The topological polar surface area (TPSA) is 48.0 Å². The van der Waals surface area contributed by atoms with E-state index in [2.05, 4.69) is 29.2 Å². The molecule has 2 N–H and O–H groups in total. The summed E-state index contributed by atoms with van der Waals surface area (Å²) in [6.45, 7) is 1.50. The van der Waals surface area contributed by atoms with Crippen molar-refractivity contribution in [2.24, 2.45) is 0 Å². The van der Waals surface area contributed by atoms with Crippen LogP contribution in [0.1, 0.15) is 36.8 Å². The molecule has 1 atom stereocenters. The lowest BCUT2D eigenvalue weighted by atomic mass is 9.69. The first-order valence-electron chi connectivity index (χ1n) is 10.6. The number of methoxy groups -OCH3 is 1. The first kappa shape index (κ1) is 21.2. The Morgan fingerprint density at radius 2 is 1.70 bits per heavy atom. The van der Waals surface area contributed by atoms with Gasteiger partial charge < -0.3 is 9.84 Å². The van der Waals surface area contributed by atoms with Crippen molar-refractivity contribution < 1.29 is 14.2 Å². The lowest BCUT2D eigenvalue weighted by Gasteiger charge is -2.49. The molecule has 162 valence electrons. The Kier molecular flexibility index (Phi) is 5.86. The Balaban J connectivity index is 1.46. The van der Waals surface area contributed by atoms with Gasteiger partial charge >= 0.3 is 0 Å². The van der Waals surface area contributed by atoms with Gasteiger partial charge in [-0.05, 0) is 75.2 Å². The summed E-state index contributed by atoms with van der Waals surface area (Å²) in [4.78, 5) is 4.37. The summed E-state index contributed by atoms with van der Waals surface area (Å²) < 4.78 is 18.7. The molecule has 6 heteroatoms. The molecule has 5 nitrogen and oxygen atoms in total. The Hall–Kier alpha value is -1.99. The monoisotopic (exact) mass is 413 g/mol. The zero-order valence-corrected chi connectivity index (χ0v) is 18.1. The van der Waals surface area contributed by atoms with Gasteiger partial charge in [0.1, 0.15) is 11.6 Å².